The maximum absolute atomic E-state index is 12.4. The van der Waals surface area contributed by atoms with E-state index in [1.807, 2.05) is 311 Å². The highest BCUT2D eigenvalue weighted by Gasteiger charge is 2.59. The monoisotopic (exact) mass is 2040 g/mol. The van der Waals surface area contributed by atoms with Gasteiger partial charge in [0.15, 0.2) is 36.7 Å². The molecule has 8 heterocycles. The molecule has 0 bridgehead atoms. The highest BCUT2D eigenvalue weighted by atomic mass is 16.9. The molecule has 0 amide bonds. The van der Waals surface area contributed by atoms with Crippen LogP contribution in [0.2, 0.25) is 0 Å². The van der Waals surface area contributed by atoms with E-state index in [0.29, 0.717) is 99.1 Å². The lowest BCUT2D eigenvalue weighted by molar-refractivity contribution is -0.225. The van der Waals surface area contributed by atoms with Gasteiger partial charge in [0.25, 0.3) is 0 Å². The van der Waals surface area contributed by atoms with Gasteiger partial charge in [0, 0.05) is 21.3 Å². The topological polar surface area (TPSA) is 320 Å². The number of aliphatic hydroxyl groups excluding tert-OH is 3. The fourth-order valence-corrected chi connectivity index (χ4v) is 18.1. The Hall–Kier alpha value is -10.0. The minimum absolute atomic E-state index is 0.127. The number of hydrogen-bond donors (Lipinski definition) is 4. The van der Waals surface area contributed by atoms with Crippen LogP contribution < -0.4 is 0 Å². The summed E-state index contributed by atoms with van der Waals surface area (Å²) in [4.78, 5) is 12.4. The third kappa shape index (κ3) is 33.7. The van der Waals surface area contributed by atoms with Crippen LogP contribution in [0.15, 0.2) is 334 Å². The van der Waals surface area contributed by atoms with Crippen molar-refractivity contribution in [3.05, 3.63) is 395 Å². The van der Waals surface area contributed by atoms with Crippen molar-refractivity contribution in [2.75, 3.05) is 61.0 Å². The molecule has 0 radical (unpaired) electrons. The van der Waals surface area contributed by atoms with Crippen molar-refractivity contribution in [2.45, 2.75) is 273 Å². The van der Waals surface area contributed by atoms with E-state index in [1.54, 1.807) is 20.8 Å². The van der Waals surface area contributed by atoms with Gasteiger partial charge in [-0.15, -0.1) is 0 Å². The summed E-state index contributed by atoms with van der Waals surface area (Å²) in [5.41, 5.74) is 10.1. The zero-order valence-electron chi connectivity index (χ0n) is 85.9. The summed E-state index contributed by atoms with van der Waals surface area (Å²) in [5, 5.41) is 39.7. The molecule has 9 unspecified atom stereocenters. The van der Waals surface area contributed by atoms with Crippen LogP contribution in [0, 0.1) is 0 Å². The van der Waals surface area contributed by atoms with Gasteiger partial charge in [-0.3, -0.25) is 4.79 Å². The molecular weight excluding hydrogens is 1890 g/mol. The summed E-state index contributed by atoms with van der Waals surface area (Å²) < 4.78 is 139. The van der Waals surface area contributed by atoms with Gasteiger partial charge in [-0.25, -0.2) is 0 Å². The number of carbonyl (C=O) groups is 1. The number of carbonyl (C=O) groups excluding carboxylic acids is 1. The highest BCUT2D eigenvalue weighted by molar-refractivity contribution is 5.88. The van der Waals surface area contributed by atoms with Crippen molar-refractivity contribution < 1.29 is 139 Å². The van der Waals surface area contributed by atoms with Gasteiger partial charge >= 0.3 is 0 Å². The Morgan fingerprint density at radius 3 is 0.973 bits per heavy atom. The molecule has 4 N–H and O–H groups in total. The first kappa shape index (κ1) is 114. The number of ether oxygens (including phenoxy) is 24. The first-order valence-electron chi connectivity index (χ1n) is 50.4. The van der Waals surface area contributed by atoms with Crippen LogP contribution in [0.25, 0.3) is 0 Å². The van der Waals surface area contributed by atoms with E-state index in [4.69, 9.17) is 119 Å². The molecule has 0 aromatic heterocycles. The standard InChI is InChI=1S/C28H32O4.C22H26O5.C21H26O5.C20H24O5.C20H22O5.C8H14O5/c1-22-28(2,31-20-25-16-10-5-11-17-25)27(30-19-24-14-8-4-9-15-24)26(32-22)21-29-18-23-12-6-3-7-13-23;1-22(2)26-20-19(24-14-17-11-7-4-8-12-17)18(25-21(20)27-22)15-23-13-16-9-5-3-6-10-16;1-21(22)19(25-14-17-11-7-4-8-12-17)18(26-20(21)23-2)15-24-13-16-9-5-3-6-10-16;2*1-22-20-18(21)19(24-13-16-10-6-3-7-11-16)17(25-20)14-23-12-15-8-4-2-5-9-15;1-8(2)12-6-5(10)4(3-9)11-7(6)13-8/h3-17,22,26-27H,18-21H2,1-2H3;3-12,18-21H,13-15H2,1-2H3;3-12,18-20,22H,13-15H2,1-2H3;2-11,17-21H,12-14H2,1H3;2-11,17,19-20H,12-14H2,1H3;4-7,9-10H,3H2,1-2H3/t22-,26-,27-,28?;18-,19-,20?,21?;18-,19-,20?,21-;17-,18?,19-,20?;17-,19-,20?;4-,5-,6?,7?/m111111/s1. The number of benzene rings is 11. The normalized spacial score (nSPS) is 28.2. The van der Waals surface area contributed by atoms with Gasteiger partial charge in [0.05, 0.1) is 118 Å². The van der Waals surface area contributed by atoms with Gasteiger partial charge in [-0.05, 0) is 110 Å². The van der Waals surface area contributed by atoms with Crippen molar-refractivity contribution >= 4 is 5.78 Å². The maximum atomic E-state index is 12.4. The molecule has 19 rings (SSSR count). The smallest absolute Gasteiger partial charge is 0.220 e. The van der Waals surface area contributed by atoms with Gasteiger partial charge in [0.2, 0.25) is 12.1 Å². The van der Waals surface area contributed by atoms with Crippen molar-refractivity contribution in [1.82, 2.24) is 0 Å². The number of rotatable bonds is 42. The number of fused-ring (bicyclic) bond motifs is 2. The third-order valence-corrected chi connectivity index (χ3v) is 26.0. The number of Topliss-reactive ketones (excluding diaryl/α,β-unsaturated/α-hetero) is 1. The second kappa shape index (κ2) is 58.0. The number of ketones is 1. The molecule has 11 aromatic rings. The van der Waals surface area contributed by atoms with E-state index in [1.165, 1.54) is 21.3 Å². The van der Waals surface area contributed by atoms with Crippen LogP contribution in [0.4, 0.5) is 0 Å². The predicted molar refractivity (Wildman–Crippen MR) is 549 cm³/mol. The highest BCUT2D eigenvalue weighted by Crippen LogP contribution is 2.43. The Labute approximate surface area is 868 Å². The van der Waals surface area contributed by atoms with Gasteiger partial charge in [-0.2, -0.15) is 0 Å². The van der Waals surface area contributed by atoms with Crippen molar-refractivity contribution in [1.29, 1.82) is 0 Å². The summed E-state index contributed by atoms with van der Waals surface area (Å²) in [6.07, 6.45) is -10.4. The summed E-state index contributed by atoms with van der Waals surface area (Å²) >= 11 is 0. The Morgan fingerprint density at radius 2 is 0.608 bits per heavy atom. The molecule has 8 aliphatic rings. The van der Waals surface area contributed by atoms with E-state index >= 15 is 0 Å². The predicted octanol–water partition coefficient (Wildman–Crippen LogP) is 16.6. The van der Waals surface area contributed by atoms with Crippen LogP contribution in [-0.2, 0) is 191 Å². The number of methoxy groups -OCH3 is 3. The van der Waals surface area contributed by atoms with Crippen LogP contribution >= 0.6 is 0 Å². The lowest BCUT2D eigenvalue weighted by Crippen LogP contribution is -2.49. The SMILES string of the molecule is CC1(C)OC2O[C@H](CO)[C@@H](O)C2O1.CC1(C)OC2O[C@H](COCc3ccccc3)[C@@H](OCc3ccccc3)C2O1.COC1O[C@H](COCc2ccccc2)[C@@H](OCc2ccccc2)C1=O.COC1O[C@H](COCc2ccccc2)[C@@H](OCc2ccccc2)C1O.COC1O[C@H](COCc2ccccc2)[C@@H](OCc2ccccc2)[C@@]1(C)O.C[C@H]1O[C@H](COCc2ccccc2)[C@@H](OCc2ccccc2)C1(C)OCc1ccccc1. The lowest BCUT2D eigenvalue weighted by Gasteiger charge is -2.34. The molecule has 29 nitrogen and oxygen atoms in total. The Bertz CT molecular complexity index is 5500. The van der Waals surface area contributed by atoms with Crippen molar-refractivity contribution in [3.63, 3.8) is 0 Å². The van der Waals surface area contributed by atoms with Crippen molar-refractivity contribution in [3.8, 4) is 0 Å². The van der Waals surface area contributed by atoms with Crippen LogP contribution in [0.1, 0.15) is 110 Å². The average molecular weight is 2040 g/mol. The minimum atomic E-state index is -1.26. The lowest BCUT2D eigenvalue weighted by atomic mass is 9.92. The van der Waals surface area contributed by atoms with E-state index < -0.39 is 109 Å². The van der Waals surface area contributed by atoms with E-state index in [-0.39, 0.29) is 61.7 Å². The summed E-state index contributed by atoms with van der Waals surface area (Å²) in [5.74, 6) is -1.58. The fourth-order valence-electron chi connectivity index (χ4n) is 18.1. The Balaban J connectivity index is 0.000000142. The second-order valence-corrected chi connectivity index (χ2v) is 38.3. The van der Waals surface area contributed by atoms with Crippen molar-refractivity contribution in [2.24, 2.45) is 0 Å². The molecule has 23 atom stereocenters. The molecular formula is C119H144O29. The molecule has 0 aliphatic carbocycles. The molecule has 11 aromatic carbocycles. The fraction of sp³-hybridized carbons (Fsp3) is 0.437. The quantitative estimate of drug-likeness (QED) is 0.0276. The van der Waals surface area contributed by atoms with Crippen LogP contribution in [-0.4, -0.2) is 239 Å². The summed E-state index contributed by atoms with van der Waals surface area (Å²) in [6.45, 7) is 19.8. The molecule has 8 fully saturated rings. The number of hydrogen-bond acceptors (Lipinski definition) is 29. The molecule has 148 heavy (non-hydrogen) atoms. The third-order valence-electron chi connectivity index (χ3n) is 26.0. The number of aliphatic hydroxyl groups is 4. The summed E-state index contributed by atoms with van der Waals surface area (Å²) in [7, 11) is 4.47. The Kier molecular flexibility index (Phi) is 44.5. The first-order chi connectivity index (χ1) is 71.9. The molecule has 0 spiro atoms. The molecule has 0 saturated carbocycles. The average Bonchev–Trinajstić information content (AvgIpc) is 1.62. The zero-order chi connectivity index (χ0) is 104. The molecule has 29 heteroatoms. The minimum Gasteiger partial charge on any atom is -0.394 e. The molecule has 8 saturated heterocycles. The molecule has 8 aliphatic heterocycles. The second-order valence-electron chi connectivity index (χ2n) is 38.3. The maximum Gasteiger partial charge on any atom is 0.220 e. The van der Waals surface area contributed by atoms with Gasteiger partial charge < -0.3 is 134 Å². The van der Waals surface area contributed by atoms with Gasteiger partial charge in [-0.1, -0.05) is 334 Å². The zero-order valence-corrected chi connectivity index (χ0v) is 85.9. The van der Waals surface area contributed by atoms with Gasteiger partial charge in [0.1, 0.15) is 103 Å². The summed E-state index contributed by atoms with van der Waals surface area (Å²) in [6, 6.07) is 110. The van der Waals surface area contributed by atoms with Crippen LogP contribution in [0.5, 0.6) is 0 Å². The van der Waals surface area contributed by atoms with E-state index in [2.05, 4.69) is 50.2 Å². The van der Waals surface area contributed by atoms with E-state index in [9.17, 15) is 20.1 Å². The Morgan fingerprint density at radius 1 is 0.297 bits per heavy atom. The first-order valence-corrected chi connectivity index (χ1v) is 50.4. The van der Waals surface area contributed by atoms with Crippen LogP contribution in [0.3, 0.4) is 0 Å². The molecule has 794 valence electrons. The largest absolute Gasteiger partial charge is 0.394 e. The van der Waals surface area contributed by atoms with E-state index in [0.717, 1.165) is 61.2 Å².